The molecule has 12 heavy (non-hydrogen) atoms. The van der Waals surface area contributed by atoms with Gasteiger partial charge in [-0.1, -0.05) is 11.8 Å². The molecule has 1 rings (SSSR count). The van der Waals surface area contributed by atoms with Gasteiger partial charge in [-0.15, -0.1) is 0 Å². The molecule has 1 aliphatic heterocycles. The summed E-state index contributed by atoms with van der Waals surface area (Å²) in [7, 11) is 0. The zero-order valence-corrected chi connectivity index (χ0v) is 7.82. The Bertz CT molecular complexity index is 196. The smallest absolute Gasteiger partial charge is 0.317 e. The van der Waals surface area contributed by atoms with Crippen LogP contribution in [-0.4, -0.2) is 41.4 Å². The van der Waals surface area contributed by atoms with Crippen molar-refractivity contribution in [2.75, 3.05) is 25.4 Å². The number of urea groups is 1. The summed E-state index contributed by atoms with van der Waals surface area (Å²) >= 11 is 1.26. The first-order valence-corrected chi connectivity index (χ1v) is 4.85. The van der Waals surface area contributed by atoms with E-state index in [1.807, 2.05) is 0 Å². The Balaban J connectivity index is 2.14. The van der Waals surface area contributed by atoms with E-state index in [4.69, 9.17) is 0 Å². The second kappa shape index (κ2) is 4.35. The third-order valence-corrected chi connectivity index (χ3v) is 2.40. The van der Waals surface area contributed by atoms with Crippen LogP contribution >= 0.6 is 11.8 Å². The van der Waals surface area contributed by atoms with Crippen LogP contribution in [0.4, 0.5) is 4.79 Å². The summed E-state index contributed by atoms with van der Waals surface area (Å²) in [6.07, 6.45) is 0. The minimum Gasteiger partial charge on any atom is -0.336 e. The van der Waals surface area contributed by atoms with Crippen LogP contribution < -0.4 is 5.32 Å². The standard InChI is InChI=1S/C7H12N2O2S/c1-6(10)12-5-4-9-3-2-8-7(9)11/h2-5H2,1H3,(H,8,11). The average molecular weight is 188 g/mol. The van der Waals surface area contributed by atoms with Crippen LogP contribution in [0.3, 0.4) is 0 Å². The Kier molecular flexibility index (Phi) is 3.40. The van der Waals surface area contributed by atoms with Crippen molar-refractivity contribution in [1.82, 2.24) is 10.2 Å². The molecule has 1 saturated heterocycles. The van der Waals surface area contributed by atoms with Crippen molar-refractivity contribution in [3.05, 3.63) is 0 Å². The van der Waals surface area contributed by atoms with Gasteiger partial charge in [0.25, 0.3) is 0 Å². The lowest BCUT2D eigenvalue weighted by atomic mass is 10.6. The molecule has 1 heterocycles. The maximum atomic E-state index is 11.0. The van der Waals surface area contributed by atoms with Gasteiger partial charge in [-0.05, 0) is 0 Å². The normalized spacial score (nSPS) is 16.4. The summed E-state index contributed by atoms with van der Waals surface area (Å²) in [5.74, 6) is 0.697. The molecule has 1 N–H and O–H groups in total. The molecule has 1 aliphatic rings. The first-order chi connectivity index (χ1) is 5.70. The summed E-state index contributed by atoms with van der Waals surface area (Å²) in [5, 5.41) is 2.81. The highest BCUT2D eigenvalue weighted by atomic mass is 32.2. The third kappa shape index (κ3) is 2.73. The van der Waals surface area contributed by atoms with Crippen molar-refractivity contribution in [2.45, 2.75) is 6.92 Å². The Morgan fingerprint density at radius 2 is 2.50 bits per heavy atom. The predicted molar refractivity (Wildman–Crippen MR) is 48.1 cm³/mol. The monoisotopic (exact) mass is 188 g/mol. The number of amides is 2. The van der Waals surface area contributed by atoms with E-state index in [0.717, 1.165) is 13.1 Å². The molecule has 0 aromatic heterocycles. The molecule has 4 nitrogen and oxygen atoms in total. The predicted octanol–water partition coefficient (Wildman–Crippen LogP) is 0.291. The van der Waals surface area contributed by atoms with Crippen LogP contribution in [0.5, 0.6) is 0 Å². The number of thioether (sulfide) groups is 1. The fourth-order valence-corrected chi connectivity index (χ4v) is 1.62. The largest absolute Gasteiger partial charge is 0.336 e. The number of carbonyl (C=O) groups excluding carboxylic acids is 2. The van der Waals surface area contributed by atoms with Crippen molar-refractivity contribution >= 4 is 22.9 Å². The fraction of sp³-hybridized carbons (Fsp3) is 0.714. The van der Waals surface area contributed by atoms with Gasteiger partial charge < -0.3 is 10.2 Å². The molecular formula is C7H12N2O2S. The number of carbonyl (C=O) groups is 2. The topological polar surface area (TPSA) is 49.4 Å². The van der Waals surface area contributed by atoms with Gasteiger partial charge in [0, 0.05) is 32.3 Å². The lowest BCUT2D eigenvalue weighted by Gasteiger charge is -2.12. The van der Waals surface area contributed by atoms with Gasteiger partial charge in [-0.2, -0.15) is 0 Å². The molecule has 68 valence electrons. The number of rotatable bonds is 3. The van der Waals surface area contributed by atoms with Crippen molar-refractivity contribution < 1.29 is 9.59 Å². The van der Waals surface area contributed by atoms with Crippen LogP contribution in [-0.2, 0) is 4.79 Å². The van der Waals surface area contributed by atoms with Crippen LogP contribution in [0.2, 0.25) is 0 Å². The number of hydrogen-bond donors (Lipinski definition) is 1. The number of hydrogen-bond acceptors (Lipinski definition) is 3. The Hall–Kier alpha value is -0.710. The Morgan fingerprint density at radius 3 is 3.00 bits per heavy atom. The summed E-state index contributed by atoms with van der Waals surface area (Å²) in [6.45, 7) is 3.69. The lowest BCUT2D eigenvalue weighted by molar-refractivity contribution is -0.109. The third-order valence-electron chi connectivity index (χ3n) is 1.61. The van der Waals surface area contributed by atoms with Crippen LogP contribution in [0.15, 0.2) is 0 Å². The van der Waals surface area contributed by atoms with Crippen LogP contribution in [0.1, 0.15) is 6.92 Å². The maximum absolute atomic E-state index is 11.0. The van der Waals surface area contributed by atoms with Gasteiger partial charge in [0.2, 0.25) is 0 Å². The Morgan fingerprint density at radius 1 is 1.75 bits per heavy atom. The van der Waals surface area contributed by atoms with E-state index in [1.54, 1.807) is 4.90 Å². The van der Waals surface area contributed by atoms with Crippen LogP contribution in [0.25, 0.3) is 0 Å². The second-order valence-corrected chi connectivity index (χ2v) is 3.83. The molecule has 1 fully saturated rings. The van der Waals surface area contributed by atoms with E-state index in [2.05, 4.69) is 5.32 Å². The molecule has 0 saturated carbocycles. The molecule has 0 aliphatic carbocycles. The number of nitrogens with one attached hydrogen (secondary N) is 1. The quantitative estimate of drug-likeness (QED) is 0.692. The summed E-state index contributed by atoms with van der Waals surface area (Å²) < 4.78 is 0. The van der Waals surface area contributed by atoms with Crippen LogP contribution in [0, 0.1) is 0 Å². The number of nitrogens with zero attached hydrogens (tertiary/aromatic N) is 1. The average Bonchev–Trinajstić information content (AvgIpc) is 2.36. The molecule has 2 amide bonds. The highest BCUT2D eigenvalue weighted by Crippen LogP contribution is 2.03. The van der Waals surface area contributed by atoms with Crippen molar-refractivity contribution in [2.24, 2.45) is 0 Å². The molecule has 0 bridgehead atoms. The molecule has 0 radical (unpaired) electrons. The zero-order valence-electron chi connectivity index (χ0n) is 7.00. The van der Waals surface area contributed by atoms with Gasteiger partial charge in [0.05, 0.1) is 0 Å². The summed E-state index contributed by atoms with van der Waals surface area (Å²) in [6, 6.07) is -0.0147. The van der Waals surface area contributed by atoms with E-state index in [1.165, 1.54) is 18.7 Å². The summed E-state index contributed by atoms with van der Waals surface area (Å²) in [4.78, 5) is 23.2. The van der Waals surface area contributed by atoms with E-state index >= 15 is 0 Å². The zero-order chi connectivity index (χ0) is 8.97. The van der Waals surface area contributed by atoms with Crippen molar-refractivity contribution in [1.29, 1.82) is 0 Å². The molecule has 0 spiro atoms. The molecule has 0 aromatic carbocycles. The van der Waals surface area contributed by atoms with Crippen molar-refractivity contribution in [3.8, 4) is 0 Å². The minimum atomic E-state index is -0.0147. The Labute approximate surface area is 75.7 Å². The van der Waals surface area contributed by atoms with E-state index < -0.39 is 0 Å². The molecule has 0 atom stereocenters. The first kappa shape index (κ1) is 9.38. The summed E-state index contributed by atoms with van der Waals surface area (Å²) in [5.41, 5.74) is 0. The van der Waals surface area contributed by atoms with E-state index in [-0.39, 0.29) is 11.1 Å². The first-order valence-electron chi connectivity index (χ1n) is 3.86. The van der Waals surface area contributed by atoms with Gasteiger partial charge in [0.15, 0.2) is 5.12 Å². The van der Waals surface area contributed by atoms with Gasteiger partial charge in [-0.3, -0.25) is 4.79 Å². The van der Waals surface area contributed by atoms with Gasteiger partial charge in [0.1, 0.15) is 0 Å². The van der Waals surface area contributed by atoms with Gasteiger partial charge in [-0.25, -0.2) is 4.79 Å². The second-order valence-electron chi connectivity index (χ2n) is 2.56. The minimum absolute atomic E-state index is 0.0147. The molecule has 0 aromatic rings. The molecule has 5 heteroatoms. The van der Waals surface area contributed by atoms with E-state index in [0.29, 0.717) is 12.3 Å². The molecule has 0 unspecified atom stereocenters. The van der Waals surface area contributed by atoms with Crippen molar-refractivity contribution in [3.63, 3.8) is 0 Å². The SMILES string of the molecule is CC(=O)SCCN1CCNC1=O. The van der Waals surface area contributed by atoms with E-state index in [9.17, 15) is 9.59 Å². The fourth-order valence-electron chi connectivity index (χ4n) is 1.02. The maximum Gasteiger partial charge on any atom is 0.317 e. The highest BCUT2D eigenvalue weighted by Gasteiger charge is 2.18. The highest BCUT2D eigenvalue weighted by molar-refractivity contribution is 8.13. The lowest BCUT2D eigenvalue weighted by Crippen LogP contribution is -2.30. The molecular weight excluding hydrogens is 176 g/mol. The van der Waals surface area contributed by atoms with Gasteiger partial charge >= 0.3 is 6.03 Å².